The zero-order valence-corrected chi connectivity index (χ0v) is 9.71. The molecule has 0 N–H and O–H groups in total. The highest BCUT2D eigenvalue weighted by Gasteiger charge is 2.33. The van der Waals surface area contributed by atoms with Crippen molar-refractivity contribution in [1.29, 1.82) is 0 Å². The smallest absolute Gasteiger partial charge is 0.237 e. The van der Waals surface area contributed by atoms with Gasteiger partial charge in [0.05, 0.1) is 0 Å². The van der Waals surface area contributed by atoms with Crippen molar-refractivity contribution in [3.63, 3.8) is 0 Å². The monoisotopic (exact) mass is 231 g/mol. The van der Waals surface area contributed by atoms with E-state index in [-0.39, 0.29) is 11.8 Å². The summed E-state index contributed by atoms with van der Waals surface area (Å²) in [6.07, 6.45) is 4.48. The van der Waals surface area contributed by atoms with Crippen LogP contribution in [0.1, 0.15) is 25.7 Å². The number of amides is 1. The number of ether oxygens (including phenoxy) is 1. The van der Waals surface area contributed by atoms with Crippen LogP contribution >= 0.6 is 11.6 Å². The van der Waals surface area contributed by atoms with E-state index in [1.165, 1.54) is 0 Å². The topological polar surface area (TPSA) is 29.5 Å². The van der Waals surface area contributed by atoms with E-state index >= 15 is 0 Å². The average molecular weight is 232 g/mol. The SMILES string of the molecule is O=C(CCl)N(CC1CCOCC1)C1CC1. The third-order valence-electron chi connectivity index (χ3n) is 3.22. The molecule has 1 saturated heterocycles. The van der Waals surface area contributed by atoms with Crippen LogP contribution in [0.15, 0.2) is 0 Å². The standard InChI is InChI=1S/C11H18ClNO2/c12-7-11(14)13(10-1-2-10)8-9-3-5-15-6-4-9/h9-10H,1-8H2. The second-order valence-electron chi connectivity index (χ2n) is 4.47. The molecule has 2 fully saturated rings. The van der Waals surface area contributed by atoms with E-state index in [0.29, 0.717) is 12.0 Å². The summed E-state index contributed by atoms with van der Waals surface area (Å²) < 4.78 is 5.31. The lowest BCUT2D eigenvalue weighted by Gasteiger charge is -2.29. The third-order valence-corrected chi connectivity index (χ3v) is 3.45. The molecule has 0 spiro atoms. The molecule has 0 radical (unpaired) electrons. The van der Waals surface area contributed by atoms with Crippen LogP contribution in [0, 0.1) is 5.92 Å². The largest absolute Gasteiger partial charge is 0.381 e. The summed E-state index contributed by atoms with van der Waals surface area (Å²) in [6, 6.07) is 0.485. The highest BCUT2D eigenvalue weighted by Crippen LogP contribution is 2.29. The van der Waals surface area contributed by atoms with Crippen LogP contribution in [0.2, 0.25) is 0 Å². The lowest BCUT2D eigenvalue weighted by Crippen LogP contribution is -2.39. The summed E-state index contributed by atoms with van der Waals surface area (Å²) in [7, 11) is 0. The Morgan fingerprint density at radius 1 is 1.27 bits per heavy atom. The Kier molecular flexibility index (Phi) is 3.87. The van der Waals surface area contributed by atoms with Gasteiger partial charge in [0.2, 0.25) is 5.91 Å². The van der Waals surface area contributed by atoms with Crippen molar-refractivity contribution in [3.05, 3.63) is 0 Å². The fraction of sp³-hybridized carbons (Fsp3) is 0.909. The Labute approximate surface area is 95.7 Å². The maximum Gasteiger partial charge on any atom is 0.237 e. The average Bonchev–Trinajstić information content (AvgIpc) is 3.10. The first-order valence-electron chi connectivity index (χ1n) is 5.74. The quantitative estimate of drug-likeness (QED) is 0.689. The molecular formula is C11H18ClNO2. The molecule has 15 heavy (non-hydrogen) atoms. The molecule has 1 aliphatic carbocycles. The number of halogens is 1. The van der Waals surface area contributed by atoms with Gasteiger partial charge >= 0.3 is 0 Å². The van der Waals surface area contributed by atoms with Crippen LogP contribution in [0.25, 0.3) is 0 Å². The summed E-state index contributed by atoms with van der Waals surface area (Å²) in [5.74, 6) is 0.844. The van der Waals surface area contributed by atoms with Gasteiger partial charge in [-0.25, -0.2) is 0 Å². The summed E-state index contributed by atoms with van der Waals surface area (Å²) >= 11 is 5.62. The molecule has 0 aromatic carbocycles. The summed E-state index contributed by atoms with van der Waals surface area (Å²) in [4.78, 5) is 13.6. The van der Waals surface area contributed by atoms with Crippen LogP contribution in [-0.2, 0) is 9.53 Å². The number of hydrogen-bond acceptors (Lipinski definition) is 2. The van der Waals surface area contributed by atoms with Crippen molar-refractivity contribution in [3.8, 4) is 0 Å². The molecule has 4 heteroatoms. The van der Waals surface area contributed by atoms with Crippen molar-refractivity contribution >= 4 is 17.5 Å². The zero-order chi connectivity index (χ0) is 10.7. The molecule has 0 aromatic rings. The van der Waals surface area contributed by atoms with Crippen molar-refractivity contribution in [2.75, 3.05) is 25.6 Å². The van der Waals surface area contributed by atoms with Gasteiger partial charge in [-0.15, -0.1) is 11.6 Å². The van der Waals surface area contributed by atoms with Gasteiger partial charge < -0.3 is 9.64 Å². The fourth-order valence-corrected chi connectivity index (χ4v) is 2.28. The number of alkyl halides is 1. The minimum atomic E-state index is 0.102. The molecule has 3 nitrogen and oxygen atoms in total. The van der Waals surface area contributed by atoms with Crippen LogP contribution < -0.4 is 0 Å². The first kappa shape index (κ1) is 11.2. The normalized spacial score (nSPS) is 22.7. The molecule has 0 bridgehead atoms. The van der Waals surface area contributed by atoms with E-state index in [0.717, 1.165) is 45.4 Å². The fourth-order valence-electron chi connectivity index (χ4n) is 2.12. The third kappa shape index (κ3) is 3.08. The second-order valence-corrected chi connectivity index (χ2v) is 4.73. The predicted octanol–water partition coefficient (Wildman–Crippen LogP) is 1.64. The molecule has 0 aromatic heterocycles. The summed E-state index contributed by atoms with van der Waals surface area (Å²) in [5.41, 5.74) is 0. The highest BCUT2D eigenvalue weighted by molar-refractivity contribution is 6.27. The number of rotatable bonds is 4. The Morgan fingerprint density at radius 2 is 1.93 bits per heavy atom. The minimum Gasteiger partial charge on any atom is -0.381 e. The van der Waals surface area contributed by atoms with Crippen LogP contribution in [0.5, 0.6) is 0 Å². The number of carbonyl (C=O) groups excluding carboxylic acids is 1. The predicted molar refractivity (Wildman–Crippen MR) is 59.0 cm³/mol. The number of nitrogens with zero attached hydrogens (tertiary/aromatic N) is 1. The van der Waals surface area contributed by atoms with Gasteiger partial charge in [0.25, 0.3) is 0 Å². The molecule has 1 saturated carbocycles. The Hall–Kier alpha value is -0.280. The van der Waals surface area contributed by atoms with E-state index in [1.54, 1.807) is 0 Å². The molecular weight excluding hydrogens is 214 g/mol. The zero-order valence-electron chi connectivity index (χ0n) is 8.95. The van der Waals surface area contributed by atoms with Crippen LogP contribution in [-0.4, -0.2) is 42.5 Å². The molecule has 2 aliphatic rings. The van der Waals surface area contributed by atoms with Crippen molar-refractivity contribution in [1.82, 2.24) is 4.90 Å². The van der Waals surface area contributed by atoms with E-state index in [4.69, 9.17) is 16.3 Å². The maximum absolute atomic E-state index is 11.6. The number of carbonyl (C=O) groups is 1. The summed E-state index contributed by atoms with van der Waals surface area (Å²) in [5, 5.41) is 0. The van der Waals surface area contributed by atoms with Crippen molar-refractivity contribution in [2.45, 2.75) is 31.7 Å². The molecule has 0 atom stereocenters. The molecule has 86 valence electrons. The van der Waals surface area contributed by atoms with E-state index < -0.39 is 0 Å². The van der Waals surface area contributed by atoms with Crippen molar-refractivity contribution in [2.24, 2.45) is 5.92 Å². The lowest BCUT2D eigenvalue weighted by molar-refractivity contribution is -0.130. The first-order chi connectivity index (χ1) is 7.31. The number of hydrogen-bond donors (Lipinski definition) is 0. The Bertz CT molecular complexity index is 225. The van der Waals surface area contributed by atoms with Gasteiger partial charge in [0, 0.05) is 25.8 Å². The second kappa shape index (κ2) is 5.17. The van der Waals surface area contributed by atoms with Crippen LogP contribution in [0.4, 0.5) is 0 Å². The molecule has 1 aliphatic heterocycles. The van der Waals surface area contributed by atoms with Gasteiger partial charge in [0.15, 0.2) is 0 Å². The molecule has 1 amide bonds. The minimum absolute atomic E-state index is 0.102. The summed E-state index contributed by atoms with van der Waals surface area (Å²) in [6.45, 7) is 2.58. The van der Waals surface area contributed by atoms with Gasteiger partial charge in [-0.3, -0.25) is 4.79 Å². The van der Waals surface area contributed by atoms with Gasteiger partial charge in [-0.2, -0.15) is 0 Å². The Balaban J connectivity index is 1.84. The van der Waals surface area contributed by atoms with Crippen LogP contribution in [0.3, 0.4) is 0 Å². The van der Waals surface area contributed by atoms with E-state index in [1.807, 2.05) is 4.90 Å². The van der Waals surface area contributed by atoms with E-state index in [2.05, 4.69) is 0 Å². The van der Waals surface area contributed by atoms with Gasteiger partial charge in [0.1, 0.15) is 5.88 Å². The highest BCUT2D eigenvalue weighted by atomic mass is 35.5. The van der Waals surface area contributed by atoms with E-state index in [9.17, 15) is 4.79 Å². The Morgan fingerprint density at radius 3 is 2.47 bits per heavy atom. The van der Waals surface area contributed by atoms with Crippen molar-refractivity contribution < 1.29 is 9.53 Å². The lowest BCUT2D eigenvalue weighted by atomic mass is 9.99. The molecule has 0 unspecified atom stereocenters. The maximum atomic E-state index is 11.6. The molecule has 2 rings (SSSR count). The first-order valence-corrected chi connectivity index (χ1v) is 6.28. The van der Waals surface area contributed by atoms with Gasteiger partial charge in [-0.05, 0) is 31.6 Å². The molecule has 1 heterocycles. The van der Waals surface area contributed by atoms with Gasteiger partial charge in [-0.1, -0.05) is 0 Å².